The SMILES string of the molecule is Cc1[nH]c(=O)nc(SCC(=O)Nc2ccc(Cl)cc2F)c1C#N. The van der Waals surface area contributed by atoms with E-state index >= 15 is 0 Å². The van der Waals surface area contributed by atoms with E-state index in [0.717, 1.165) is 17.8 Å². The van der Waals surface area contributed by atoms with E-state index in [-0.39, 0.29) is 27.1 Å². The Bertz CT molecular complexity index is 863. The van der Waals surface area contributed by atoms with Crippen LogP contribution in [0.2, 0.25) is 5.02 Å². The molecule has 0 radical (unpaired) electrons. The van der Waals surface area contributed by atoms with Crippen LogP contribution in [0.25, 0.3) is 0 Å². The van der Waals surface area contributed by atoms with E-state index in [9.17, 15) is 14.0 Å². The molecule has 0 bridgehead atoms. The van der Waals surface area contributed by atoms with Crippen LogP contribution in [0.4, 0.5) is 10.1 Å². The summed E-state index contributed by atoms with van der Waals surface area (Å²) in [5.74, 6) is -1.29. The molecule has 0 aliphatic rings. The minimum Gasteiger partial charge on any atom is -0.323 e. The molecule has 0 aliphatic carbocycles. The smallest absolute Gasteiger partial charge is 0.323 e. The van der Waals surface area contributed by atoms with Gasteiger partial charge in [-0.15, -0.1) is 0 Å². The second-order valence-corrected chi connectivity index (χ2v) is 5.82. The third kappa shape index (κ3) is 4.31. The summed E-state index contributed by atoms with van der Waals surface area (Å²) < 4.78 is 13.6. The first-order valence-corrected chi connectivity index (χ1v) is 7.65. The molecule has 23 heavy (non-hydrogen) atoms. The van der Waals surface area contributed by atoms with E-state index in [0.29, 0.717) is 5.69 Å². The fourth-order valence-corrected chi connectivity index (χ4v) is 2.70. The van der Waals surface area contributed by atoms with Gasteiger partial charge in [-0.1, -0.05) is 23.4 Å². The van der Waals surface area contributed by atoms with Gasteiger partial charge < -0.3 is 10.3 Å². The highest BCUT2D eigenvalue weighted by molar-refractivity contribution is 8.00. The lowest BCUT2D eigenvalue weighted by atomic mass is 10.3. The van der Waals surface area contributed by atoms with Crippen molar-refractivity contribution in [3.05, 3.63) is 50.8 Å². The van der Waals surface area contributed by atoms with Crippen LogP contribution in [0.1, 0.15) is 11.3 Å². The lowest BCUT2D eigenvalue weighted by Gasteiger charge is -2.07. The highest BCUT2D eigenvalue weighted by Crippen LogP contribution is 2.22. The number of halogens is 2. The van der Waals surface area contributed by atoms with Crippen molar-refractivity contribution in [1.29, 1.82) is 5.26 Å². The van der Waals surface area contributed by atoms with Gasteiger partial charge in [0, 0.05) is 10.7 Å². The number of aromatic amines is 1. The van der Waals surface area contributed by atoms with Crippen LogP contribution in [0, 0.1) is 24.1 Å². The van der Waals surface area contributed by atoms with E-state index in [4.69, 9.17) is 16.9 Å². The van der Waals surface area contributed by atoms with Crippen molar-refractivity contribution in [3.63, 3.8) is 0 Å². The molecule has 0 saturated carbocycles. The maximum absolute atomic E-state index is 13.6. The Labute approximate surface area is 139 Å². The van der Waals surface area contributed by atoms with Gasteiger partial charge in [0.1, 0.15) is 22.5 Å². The van der Waals surface area contributed by atoms with Crippen molar-refractivity contribution in [2.24, 2.45) is 0 Å². The third-order valence-corrected chi connectivity index (χ3v) is 3.95. The Kier molecular flexibility index (Phi) is 5.36. The van der Waals surface area contributed by atoms with Crippen LogP contribution >= 0.6 is 23.4 Å². The molecule has 2 N–H and O–H groups in total. The first-order valence-electron chi connectivity index (χ1n) is 6.29. The number of carbonyl (C=O) groups excluding carboxylic acids is 1. The quantitative estimate of drug-likeness (QED) is 0.650. The van der Waals surface area contributed by atoms with Gasteiger partial charge in [0.05, 0.1) is 11.4 Å². The van der Waals surface area contributed by atoms with Gasteiger partial charge in [-0.05, 0) is 25.1 Å². The molecule has 1 aromatic carbocycles. The van der Waals surface area contributed by atoms with Crippen LogP contribution in [-0.2, 0) is 4.79 Å². The number of rotatable bonds is 4. The zero-order valence-corrected chi connectivity index (χ0v) is 13.4. The number of aryl methyl sites for hydroxylation is 1. The van der Waals surface area contributed by atoms with Crippen LogP contribution in [0.3, 0.4) is 0 Å². The molecule has 0 fully saturated rings. The summed E-state index contributed by atoms with van der Waals surface area (Å²) >= 11 is 6.55. The Balaban J connectivity index is 2.08. The highest BCUT2D eigenvalue weighted by atomic mass is 35.5. The molecular formula is C14H10ClFN4O2S. The van der Waals surface area contributed by atoms with Gasteiger partial charge in [-0.2, -0.15) is 10.2 Å². The molecule has 1 aromatic heterocycles. The van der Waals surface area contributed by atoms with Gasteiger partial charge in [0.25, 0.3) is 0 Å². The van der Waals surface area contributed by atoms with E-state index in [1.807, 2.05) is 6.07 Å². The third-order valence-electron chi connectivity index (χ3n) is 2.74. The summed E-state index contributed by atoms with van der Waals surface area (Å²) in [6.07, 6.45) is 0. The first-order chi connectivity index (χ1) is 10.9. The topological polar surface area (TPSA) is 98.6 Å². The molecule has 0 aliphatic heterocycles. The maximum atomic E-state index is 13.6. The number of nitrogens with zero attached hydrogens (tertiary/aromatic N) is 2. The number of nitriles is 1. The van der Waals surface area contributed by atoms with Crippen molar-refractivity contribution in [1.82, 2.24) is 9.97 Å². The molecule has 2 aromatic rings. The van der Waals surface area contributed by atoms with Gasteiger partial charge in [-0.3, -0.25) is 4.79 Å². The fourth-order valence-electron chi connectivity index (χ4n) is 1.71. The molecule has 0 saturated heterocycles. The molecule has 0 spiro atoms. The summed E-state index contributed by atoms with van der Waals surface area (Å²) in [5, 5.41) is 11.8. The van der Waals surface area contributed by atoms with Gasteiger partial charge >= 0.3 is 5.69 Å². The van der Waals surface area contributed by atoms with Crippen LogP contribution < -0.4 is 11.0 Å². The zero-order valence-electron chi connectivity index (χ0n) is 11.8. The molecule has 0 atom stereocenters. The Morgan fingerprint density at radius 1 is 1.57 bits per heavy atom. The summed E-state index contributed by atoms with van der Waals surface area (Å²) in [4.78, 5) is 29.3. The molecule has 6 nitrogen and oxygen atoms in total. The van der Waals surface area contributed by atoms with Crippen LogP contribution in [-0.4, -0.2) is 21.6 Å². The largest absolute Gasteiger partial charge is 0.346 e. The standard InChI is InChI=1S/C14H10ClFN4O2S/c1-7-9(5-17)13(20-14(22)18-7)23-6-12(21)19-11-3-2-8(15)4-10(11)16/h2-4H,6H2,1H3,(H,19,21)(H,18,20,22). The Morgan fingerprint density at radius 2 is 2.30 bits per heavy atom. The summed E-state index contributed by atoms with van der Waals surface area (Å²) in [6, 6.07) is 5.79. The Hall–Kier alpha value is -2.37. The lowest BCUT2D eigenvalue weighted by molar-refractivity contribution is -0.113. The van der Waals surface area contributed by atoms with Crippen molar-refractivity contribution < 1.29 is 9.18 Å². The van der Waals surface area contributed by atoms with E-state index < -0.39 is 17.4 Å². The van der Waals surface area contributed by atoms with Gasteiger partial charge in [-0.25, -0.2) is 9.18 Å². The molecule has 1 amide bonds. The maximum Gasteiger partial charge on any atom is 0.346 e. The number of aromatic nitrogens is 2. The zero-order chi connectivity index (χ0) is 17.0. The van der Waals surface area contributed by atoms with E-state index in [1.54, 1.807) is 6.92 Å². The summed E-state index contributed by atoms with van der Waals surface area (Å²) in [6.45, 7) is 1.56. The molecule has 9 heteroatoms. The number of hydrogen-bond acceptors (Lipinski definition) is 5. The number of anilines is 1. The monoisotopic (exact) mass is 352 g/mol. The van der Waals surface area contributed by atoms with Crippen molar-refractivity contribution in [3.8, 4) is 6.07 Å². The molecule has 1 heterocycles. The minimum atomic E-state index is -0.654. The molecule has 2 rings (SSSR count). The van der Waals surface area contributed by atoms with Crippen molar-refractivity contribution >= 4 is 35.0 Å². The number of carbonyl (C=O) groups is 1. The number of nitrogens with one attached hydrogen (secondary N) is 2. The fraction of sp³-hybridized carbons (Fsp3) is 0.143. The number of H-pyrrole nitrogens is 1. The number of amides is 1. The van der Waals surface area contributed by atoms with Crippen LogP contribution in [0.5, 0.6) is 0 Å². The van der Waals surface area contributed by atoms with Crippen molar-refractivity contribution in [2.45, 2.75) is 11.9 Å². The Morgan fingerprint density at radius 3 is 2.96 bits per heavy atom. The number of hydrogen-bond donors (Lipinski definition) is 2. The average Bonchev–Trinajstić information content (AvgIpc) is 2.47. The normalized spacial score (nSPS) is 10.2. The van der Waals surface area contributed by atoms with Gasteiger partial charge in [0.15, 0.2) is 0 Å². The highest BCUT2D eigenvalue weighted by Gasteiger charge is 2.13. The first kappa shape index (κ1) is 17.0. The predicted molar refractivity (Wildman–Crippen MR) is 85.1 cm³/mol. The molecule has 0 unspecified atom stereocenters. The minimum absolute atomic E-state index is 0.00412. The lowest BCUT2D eigenvalue weighted by Crippen LogP contribution is -2.18. The summed E-state index contributed by atoms with van der Waals surface area (Å²) in [7, 11) is 0. The number of thioether (sulfide) groups is 1. The van der Waals surface area contributed by atoms with Crippen molar-refractivity contribution in [2.75, 3.05) is 11.1 Å². The second kappa shape index (κ2) is 7.26. The average molecular weight is 353 g/mol. The van der Waals surface area contributed by atoms with Gasteiger partial charge in [0.2, 0.25) is 5.91 Å². The molecular weight excluding hydrogens is 343 g/mol. The van der Waals surface area contributed by atoms with E-state index in [2.05, 4.69) is 15.3 Å². The second-order valence-electron chi connectivity index (χ2n) is 4.42. The molecule has 118 valence electrons. The predicted octanol–water partition coefficient (Wildman–Crippen LogP) is 2.47. The van der Waals surface area contributed by atoms with Crippen LogP contribution in [0.15, 0.2) is 28.0 Å². The number of benzene rings is 1. The van der Waals surface area contributed by atoms with E-state index in [1.165, 1.54) is 12.1 Å². The summed E-state index contributed by atoms with van der Waals surface area (Å²) in [5.41, 5.74) is -0.0389.